The third-order valence-corrected chi connectivity index (χ3v) is 5.48. The fourth-order valence-corrected chi connectivity index (χ4v) is 3.77. The van der Waals surface area contributed by atoms with Crippen LogP contribution in [-0.4, -0.2) is 22.8 Å². The minimum atomic E-state index is -1.27. The summed E-state index contributed by atoms with van der Waals surface area (Å²) in [5, 5.41) is 13.3. The van der Waals surface area contributed by atoms with Crippen molar-refractivity contribution in [2.45, 2.75) is 45.3 Å². The second-order valence-electron chi connectivity index (χ2n) is 7.09. The van der Waals surface area contributed by atoms with Crippen molar-refractivity contribution < 1.29 is 24.2 Å². The molecular formula is C18H19Cl2NO5. The van der Waals surface area contributed by atoms with E-state index in [9.17, 15) is 14.7 Å². The zero-order valence-corrected chi connectivity index (χ0v) is 15.9. The molecule has 1 unspecified atom stereocenters. The van der Waals surface area contributed by atoms with Gasteiger partial charge in [0.25, 0.3) is 11.7 Å². The number of hydrogen-bond acceptors (Lipinski definition) is 5. The van der Waals surface area contributed by atoms with Crippen LogP contribution in [-0.2, 0) is 19.1 Å². The number of esters is 1. The van der Waals surface area contributed by atoms with Gasteiger partial charge in [-0.05, 0) is 31.0 Å². The van der Waals surface area contributed by atoms with Crippen molar-refractivity contribution in [3.05, 3.63) is 39.8 Å². The highest BCUT2D eigenvalue weighted by Gasteiger charge is 2.56. The molecule has 1 amide bonds. The van der Waals surface area contributed by atoms with E-state index in [2.05, 4.69) is 5.32 Å². The molecule has 1 aromatic carbocycles. The molecule has 2 aliphatic rings. The van der Waals surface area contributed by atoms with Crippen molar-refractivity contribution in [1.82, 2.24) is 0 Å². The fraction of sp³-hybridized carbons (Fsp3) is 0.444. The molecule has 0 radical (unpaired) electrons. The van der Waals surface area contributed by atoms with Gasteiger partial charge in [0.1, 0.15) is 0 Å². The second kappa shape index (κ2) is 6.67. The maximum Gasteiger partial charge on any atom is 0.354 e. The van der Waals surface area contributed by atoms with Crippen molar-refractivity contribution in [3.8, 4) is 0 Å². The molecule has 8 heteroatoms. The lowest BCUT2D eigenvalue weighted by Crippen LogP contribution is -2.55. The van der Waals surface area contributed by atoms with Gasteiger partial charge in [-0.2, -0.15) is 0 Å². The fourth-order valence-electron chi connectivity index (χ4n) is 3.31. The lowest BCUT2D eigenvalue weighted by Gasteiger charge is -2.49. The van der Waals surface area contributed by atoms with E-state index < -0.39 is 34.6 Å². The van der Waals surface area contributed by atoms with Crippen LogP contribution in [0.15, 0.2) is 29.7 Å². The molecule has 1 aliphatic carbocycles. The first-order valence-electron chi connectivity index (χ1n) is 8.27. The van der Waals surface area contributed by atoms with Crippen molar-refractivity contribution in [2.75, 3.05) is 5.32 Å². The van der Waals surface area contributed by atoms with Crippen LogP contribution in [0, 0.1) is 5.41 Å². The summed E-state index contributed by atoms with van der Waals surface area (Å²) in [5.74, 6) is -3.81. The van der Waals surface area contributed by atoms with Crippen LogP contribution >= 0.6 is 23.2 Å². The number of carbonyl (C=O) groups excluding carboxylic acids is 2. The van der Waals surface area contributed by atoms with Crippen LogP contribution in [0.25, 0.3) is 0 Å². The number of ether oxygens (including phenoxy) is 2. The first-order valence-corrected chi connectivity index (χ1v) is 9.03. The second-order valence-corrected chi connectivity index (χ2v) is 7.94. The maximum absolute atomic E-state index is 12.5. The minimum absolute atomic E-state index is 0.195. The monoisotopic (exact) mass is 399 g/mol. The lowest BCUT2D eigenvalue weighted by molar-refractivity contribution is -0.295. The van der Waals surface area contributed by atoms with Crippen LogP contribution in [0.1, 0.15) is 39.5 Å². The number of hydrogen-bond donors (Lipinski definition) is 2. The summed E-state index contributed by atoms with van der Waals surface area (Å²) < 4.78 is 11.1. The van der Waals surface area contributed by atoms with Gasteiger partial charge in [0.15, 0.2) is 0 Å². The molecule has 0 bridgehead atoms. The molecule has 6 nitrogen and oxygen atoms in total. The number of benzene rings is 1. The summed E-state index contributed by atoms with van der Waals surface area (Å²) in [6.45, 7) is 3.82. The Kier molecular flexibility index (Phi) is 4.84. The smallest absolute Gasteiger partial charge is 0.354 e. The Bertz CT molecular complexity index is 805. The van der Waals surface area contributed by atoms with Gasteiger partial charge in [0.05, 0.1) is 10.7 Å². The van der Waals surface area contributed by atoms with Gasteiger partial charge in [-0.25, -0.2) is 4.79 Å². The molecule has 3 rings (SSSR count). The lowest BCUT2D eigenvalue weighted by atomic mass is 9.71. The molecule has 0 saturated heterocycles. The summed E-state index contributed by atoms with van der Waals surface area (Å²) in [5.41, 5.74) is -0.841. The summed E-state index contributed by atoms with van der Waals surface area (Å²) >= 11 is 11.8. The minimum Gasteiger partial charge on any atom is -0.480 e. The predicted molar refractivity (Wildman–Crippen MR) is 96.9 cm³/mol. The quantitative estimate of drug-likeness (QED) is 0.561. The van der Waals surface area contributed by atoms with Gasteiger partial charge >= 0.3 is 11.9 Å². The Morgan fingerprint density at radius 2 is 1.88 bits per heavy atom. The molecule has 1 fully saturated rings. The average Bonchev–Trinajstić information content (AvgIpc) is 2.52. The normalized spacial score (nSPS) is 24.8. The zero-order chi connectivity index (χ0) is 19.1. The van der Waals surface area contributed by atoms with Crippen molar-refractivity contribution >= 4 is 40.8 Å². The summed E-state index contributed by atoms with van der Waals surface area (Å²) in [4.78, 5) is 25.0. The highest BCUT2D eigenvalue weighted by molar-refractivity contribution is 6.37. The Hall–Kier alpha value is -1.92. The van der Waals surface area contributed by atoms with Crippen molar-refractivity contribution in [3.63, 3.8) is 0 Å². The van der Waals surface area contributed by atoms with Gasteiger partial charge in [-0.15, -0.1) is 0 Å². The molecule has 0 aromatic heterocycles. The van der Waals surface area contributed by atoms with Gasteiger partial charge in [0, 0.05) is 16.9 Å². The number of rotatable bonds is 2. The maximum atomic E-state index is 12.5. The van der Waals surface area contributed by atoms with Crippen molar-refractivity contribution in [1.29, 1.82) is 0 Å². The summed E-state index contributed by atoms with van der Waals surface area (Å²) in [6, 6.07) is 4.47. The number of amides is 1. The number of anilines is 1. The van der Waals surface area contributed by atoms with Crippen molar-refractivity contribution in [2.24, 2.45) is 5.41 Å². The molecule has 1 aliphatic heterocycles. The first-order chi connectivity index (χ1) is 12.2. The SMILES string of the molecule is CC1(C)CCCCC12OC(=O)C(C(=O)Nc1ccc(Cl)cc1Cl)=C(O)O2. The number of carbonyl (C=O) groups is 2. The number of halogens is 2. The van der Waals surface area contributed by atoms with E-state index in [1.54, 1.807) is 0 Å². The van der Waals surface area contributed by atoms with E-state index in [4.69, 9.17) is 32.7 Å². The molecule has 1 saturated carbocycles. The Morgan fingerprint density at radius 1 is 1.19 bits per heavy atom. The molecular weight excluding hydrogens is 381 g/mol. The van der Waals surface area contributed by atoms with E-state index in [1.165, 1.54) is 18.2 Å². The van der Waals surface area contributed by atoms with E-state index in [0.29, 0.717) is 11.4 Å². The highest BCUT2D eigenvalue weighted by atomic mass is 35.5. The van der Waals surface area contributed by atoms with Gasteiger partial charge < -0.3 is 19.9 Å². The third-order valence-electron chi connectivity index (χ3n) is 4.93. The highest BCUT2D eigenvalue weighted by Crippen LogP contribution is 2.50. The topological polar surface area (TPSA) is 84.9 Å². The van der Waals surface area contributed by atoms with E-state index in [-0.39, 0.29) is 10.7 Å². The Labute approximate surface area is 161 Å². The Balaban J connectivity index is 1.87. The molecule has 2 N–H and O–H groups in total. The Morgan fingerprint density at radius 3 is 2.50 bits per heavy atom. The van der Waals surface area contributed by atoms with E-state index in [1.807, 2.05) is 13.8 Å². The van der Waals surface area contributed by atoms with Crippen LogP contribution in [0.3, 0.4) is 0 Å². The van der Waals surface area contributed by atoms with Gasteiger partial charge in [0.2, 0.25) is 5.57 Å². The largest absolute Gasteiger partial charge is 0.480 e. The summed E-state index contributed by atoms with van der Waals surface area (Å²) in [6.07, 6.45) is 3.00. The molecule has 1 heterocycles. The van der Waals surface area contributed by atoms with Gasteiger partial charge in [-0.1, -0.05) is 43.5 Å². The third kappa shape index (κ3) is 3.23. The molecule has 1 spiro atoms. The van der Waals surface area contributed by atoms with Crippen LogP contribution in [0.2, 0.25) is 10.0 Å². The standard InChI is InChI=1S/C18H19Cl2NO5/c1-17(2)7-3-4-8-18(17)25-15(23)13(16(24)26-18)14(22)21-12-6-5-10(19)9-11(12)20/h5-6,9,23H,3-4,7-8H2,1-2H3,(H,21,22). The number of aliphatic hydroxyl groups excluding tert-OH is 1. The van der Waals surface area contributed by atoms with E-state index in [0.717, 1.165) is 19.3 Å². The zero-order valence-electron chi connectivity index (χ0n) is 14.4. The number of nitrogens with one attached hydrogen (secondary N) is 1. The molecule has 1 aromatic rings. The van der Waals surface area contributed by atoms with Crippen LogP contribution < -0.4 is 5.32 Å². The first kappa shape index (κ1) is 18.9. The molecule has 140 valence electrons. The number of aliphatic hydroxyl groups is 1. The predicted octanol–water partition coefficient (Wildman–Crippen LogP) is 4.57. The average molecular weight is 400 g/mol. The van der Waals surface area contributed by atoms with E-state index >= 15 is 0 Å². The summed E-state index contributed by atoms with van der Waals surface area (Å²) in [7, 11) is 0. The van der Waals surface area contributed by atoms with Gasteiger partial charge in [-0.3, -0.25) is 4.79 Å². The van der Waals surface area contributed by atoms with Crippen LogP contribution in [0.4, 0.5) is 5.69 Å². The van der Waals surface area contributed by atoms with Crippen LogP contribution in [0.5, 0.6) is 0 Å². The molecule has 1 atom stereocenters. The molecule has 26 heavy (non-hydrogen) atoms.